The third-order valence-electron chi connectivity index (χ3n) is 4.13. The maximum Gasteiger partial charge on any atom is 0.433 e. The highest BCUT2D eigenvalue weighted by Crippen LogP contribution is 2.39. The van der Waals surface area contributed by atoms with Gasteiger partial charge in [-0.2, -0.15) is 18.3 Å². The number of thiophene rings is 1. The van der Waals surface area contributed by atoms with Gasteiger partial charge in [0.1, 0.15) is 15.4 Å². The average molecular weight is 446 g/mol. The van der Waals surface area contributed by atoms with Crippen LogP contribution in [0.2, 0.25) is 5.02 Å². The van der Waals surface area contributed by atoms with Crippen LogP contribution >= 0.6 is 22.9 Å². The maximum atomic E-state index is 13.0. The largest absolute Gasteiger partial charge is 0.433 e. The van der Waals surface area contributed by atoms with E-state index in [9.17, 15) is 22.8 Å². The molecule has 3 rings (SSSR count). The number of anilines is 1. The predicted molar refractivity (Wildman–Crippen MR) is 103 cm³/mol. The average Bonchev–Trinajstić information content (AvgIpc) is 3.18. The van der Waals surface area contributed by atoms with Gasteiger partial charge in [0.25, 0.3) is 5.91 Å². The van der Waals surface area contributed by atoms with Crippen LogP contribution in [0.15, 0.2) is 18.5 Å². The molecule has 0 spiro atoms. The molecule has 12 heteroatoms. The van der Waals surface area contributed by atoms with Crippen molar-refractivity contribution in [3.8, 4) is 0 Å². The van der Waals surface area contributed by atoms with Crippen LogP contribution in [0.4, 0.5) is 18.9 Å². The van der Waals surface area contributed by atoms with Crippen molar-refractivity contribution in [1.82, 2.24) is 14.8 Å². The lowest BCUT2D eigenvalue weighted by Crippen LogP contribution is -2.25. The molecule has 0 aliphatic rings. The smallest absolute Gasteiger partial charge is 0.365 e. The zero-order chi connectivity index (χ0) is 21.5. The number of hydrogen-bond donors (Lipinski definition) is 2. The minimum atomic E-state index is -4.64. The number of amides is 2. The number of carbonyl (C=O) groups excluding carboxylic acids is 2. The van der Waals surface area contributed by atoms with E-state index < -0.39 is 29.6 Å². The summed E-state index contributed by atoms with van der Waals surface area (Å²) in [5.41, 5.74) is 4.57. The van der Waals surface area contributed by atoms with Gasteiger partial charge in [0.15, 0.2) is 0 Å². The number of primary amides is 1. The van der Waals surface area contributed by atoms with Crippen LogP contribution in [0.3, 0.4) is 0 Å². The number of nitrogens with two attached hydrogens (primary N) is 1. The fourth-order valence-electron chi connectivity index (χ4n) is 2.77. The van der Waals surface area contributed by atoms with Gasteiger partial charge in [-0.25, -0.2) is 4.98 Å². The Bertz CT molecular complexity index is 1110. The molecular formula is C17H15ClF3N5O2S. The van der Waals surface area contributed by atoms with Gasteiger partial charge in [0, 0.05) is 11.6 Å². The molecule has 0 saturated heterocycles. The van der Waals surface area contributed by atoms with Crippen LogP contribution in [0.25, 0.3) is 10.2 Å². The number of nitrogens with one attached hydrogen (secondary N) is 1. The Balaban J connectivity index is 1.98. The minimum Gasteiger partial charge on any atom is -0.365 e. The molecular weight excluding hydrogens is 431 g/mol. The third kappa shape index (κ3) is 4.35. The Morgan fingerprint density at radius 1 is 1.41 bits per heavy atom. The summed E-state index contributed by atoms with van der Waals surface area (Å²) in [6.45, 7) is 3.29. The van der Waals surface area contributed by atoms with Crippen LogP contribution in [-0.2, 0) is 17.5 Å². The van der Waals surface area contributed by atoms with Crippen LogP contribution in [0.5, 0.6) is 0 Å². The standard InChI is InChI=1S/C17H15ClF3N5O2S/c1-7-3-10(17(19,20)21)24-16-11(7)12(13(29-16)14(22)27)25-15(28)8(2)5-26-6-9(18)4-23-26/h3-4,6,8H,5H2,1-2H3,(H2,22,27)(H,25,28). The van der Waals surface area contributed by atoms with Crippen LogP contribution in [0.1, 0.15) is 27.9 Å². The predicted octanol–water partition coefficient (Wildman–Crippen LogP) is 3.85. The Labute approximate surface area is 171 Å². The molecule has 2 amide bonds. The first-order valence-electron chi connectivity index (χ1n) is 8.27. The Morgan fingerprint density at radius 2 is 2.10 bits per heavy atom. The van der Waals surface area contributed by atoms with Gasteiger partial charge in [-0.1, -0.05) is 18.5 Å². The molecule has 154 valence electrons. The first-order chi connectivity index (χ1) is 13.5. The van der Waals surface area contributed by atoms with E-state index in [1.54, 1.807) is 13.1 Å². The van der Waals surface area contributed by atoms with Gasteiger partial charge >= 0.3 is 6.18 Å². The molecule has 29 heavy (non-hydrogen) atoms. The van der Waals surface area contributed by atoms with Gasteiger partial charge in [-0.05, 0) is 18.6 Å². The number of halogens is 4. The van der Waals surface area contributed by atoms with Crippen molar-refractivity contribution in [2.75, 3.05) is 5.32 Å². The number of rotatable bonds is 5. The molecule has 3 heterocycles. The maximum absolute atomic E-state index is 13.0. The Kier molecular flexibility index (Phi) is 5.54. The molecule has 1 unspecified atom stereocenters. The molecule has 0 aliphatic carbocycles. The van der Waals surface area contributed by atoms with Crippen molar-refractivity contribution in [3.63, 3.8) is 0 Å². The summed E-state index contributed by atoms with van der Waals surface area (Å²) in [7, 11) is 0. The number of fused-ring (bicyclic) bond motifs is 1. The van der Waals surface area contributed by atoms with Crippen LogP contribution in [-0.4, -0.2) is 26.6 Å². The number of hydrogen-bond acceptors (Lipinski definition) is 5. The fourth-order valence-corrected chi connectivity index (χ4v) is 3.98. The van der Waals surface area contributed by atoms with Gasteiger partial charge < -0.3 is 11.1 Å². The van der Waals surface area contributed by atoms with E-state index in [0.29, 0.717) is 16.4 Å². The van der Waals surface area contributed by atoms with E-state index in [-0.39, 0.29) is 32.9 Å². The van der Waals surface area contributed by atoms with Gasteiger partial charge in [0.05, 0.1) is 29.4 Å². The quantitative estimate of drug-likeness (QED) is 0.622. The Morgan fingerprint density at radius 3 is 2.66 bits per heavy atom. The second-order valence-corrected chi connectivity index (χ2v) is 7.88. The van der Waals surface area contributed by atoms with E-state index in [4.69, 9.17) is 17.3 Å². The monoisotopic (exact) mass is 445 g/mol. The molecule has 3 aromatic heterocycles. The zero-order valence-corrected chi connectivity index (χ0v) is 16.7. The topological polar surface area (TPSA) is 103 Å². The molecule has 0 radical (unpaired) electrons. The number of aryl methyl sites for hydroxylation is 1. The van der Waals surface area contributed by atoms with E-state index in [2.05, 4.69) is 15.4 Å². The molecule has 0 fully saturated rings. The molecule has 3 N–H and O–H groups in total. The van der Waals surface area contributed by atoms with E-state index >= 15 is 0 Å². The van der Waals surface area contributed by atoms with Crippen LogP contribution < -0.4 is 11.1 Å². The normalized spacial score (nSPS) is 12.9. The second kappa shape index (κ2) is 7.64. The fraction of sp³-hybridized carbons (Fsp3) is 0.294. The van der Waals surface area contributed by atoms with Crippen molar-refractivity contribution in [2.24, 2.45) is 11.7 Å². The number of aromatic nitrogens is 3. The zero-order valence-electron chi connectivity index (χ0n) is 15.2. The van der Waals surface area contributed by atoms with E-state index in [1.807, 2.05) is 0 Å². The Hall–Kier alpha value is -2.66. The van der Waals surface area contributed by atoms with Gasteiger partial charge in [-0.15, -0.1) is 11.3 Å². The molecule has 0 aromatic carbocycles. The molecule has 0 aliphatic heterocycles. The lowest BCUT2D eigenvalue weighted by atomic mass is 10.1. The summed E-state index contributed by atoms with van der Waals surface area (Å²) in [6, 6.07) is 0.866. The summed E-state index contributed by atoms with van der Waals surface area (Å²) >= 11 is 6.50. The minimum absolute atomic E-state index is 0.0343. The van der Waals surface area contributed by atoms with E-state index in [1.165, 1.54) is 17.8 Å². The molecule has 0 bridgehead atoms. The van der Waals surface area contributed by atoms with Gasteiger partial charge in [0.2, 0.25) is 5.91 Å². The highest BCUT2D eigenvalue weighted by atomic mass is 35.5. The first-order valence-corrected chi connectivity index (χ1v) is 9.46. The van der Waals surface area contributed by atoms with Crippen molar-refractivity contribution < 1.29 is 22.8 Å². The summed E-state index contributed by atoms with van der Waals surface area (Å²) in [6.07, 6.45) is -1.66. The number of nitrogens with zero attached hydrogens (tertiary/aromatic N) is 3. The molecule has 3 aromatic rings. The van der Waals surface area contributed by atoms with Crippen molar-refractivity contribution >= 4 is 50.7 Å². The highest BCUT2D eigenvalue weighted by molar-refractivity contribution is 7.21. The molecule has 1 atom stereocenters. The number of alkyl halides is 3. The second-order valence-electron chi connectivity index (χ2n) is 6.44. The van der Waals surface area contributed by atoms with Crippen molar-refractivity contribution in [1.29, 1.82) is 0 Å². The summed E-state index contributed by atoms with van der Waals surface area (Å²) < 4.78 is 40.6. The first kappa shape index (κ1) is 21.1. The summed E-state index contributed by atoms with van der Waals surface area (Å²) in [5.74, 6) is -1.91. The summed E-state index contributed by atoms with van der Waals surface area (Å²) in [5, 5.41) is 7.28. The lowest BCUT2D eigenvalue weighted by Gasteiger charge is -2.13. The van der Waals surface area contributed by atoms with E-state index in [0.717, 1.165) is 6.07 Å². The number of pyridine rings is 1. The molecule has 0 saturated carbocycles. The van der Waals surface area contributed by atoms with Crippen LogP contribution in [0, 0.1) is 12.8 Å². The highest BCUT2D eigenvalue weighted by Gasteiger charge is 2.34. The van der Waals surface area contributed by atoms with Crippen molar-refractivity contribution in [3.05, 3.63) is 39.6 Å². The summed E-state index contributed by atoms with van der Waals surface area (Å²) in [4.78, 5) is 28.0. The lowest BCUT2D eigenvalue weighted by molar-refractivity contribution is -0.141. The third-order valence-corrected chi connectivity index (χ3v) is 5.43. The van der Waals surface area contributed by atoms with Crippen molar-refractivity contribution in [2.45, 2.75) is 26.6 Å². The molecule has 7 nitrogen and oxygen atoms in total. The van der Waals surface area contributed by atoms with Gasteiger partial charge in [-0.3, -0.25) is 14.3 Å². The SMILES string of the molecule is Cc1cc(C(F)(F)F)nc2sc(C(N)=O)c(NC(=O)C(C)Cn3cc(Cl)cn3)c12. The number of carbonyl (C=O) groups is 2.